The van der Waals surface area contributed by atoms with Crippen molar-refractivity contribution in [1.82, 2.24) is 10.2 Å². The van der Waals surface area contributed by atoms with Crippen molar-refractivity contribution in [2.75, 3.05) is 37.0 Å². The Labute approximate surface area is 195 Å². The van der Waals surface area contributed by atoms with Crippen molar-refractivity contribution in [3.8, 4) is 11.5 Å². The van der Waals surface area contributed by atoms with E-state index in [2.05, 4.69) is 34.5 Å². The lowest BCUT2D eigenvalue weighted by molar-refractivity contribution is -0.121. The van der Waals surface area contributed by atoms with E-state index >= 15 is 0 Å². The summed E-state index contributed by atoms with van der Waals surface area (Å²) in [6.07, 6.45) is 4.36. The third-order valence-corrected chi connectivity index (χ3v) is 7.12. The molecule has 4 rings (SSSR count). The molecule has 0 atom stereocenters. The zero-order valence-electron chi connectivity index (χ0n) is 19.0. The van der Waals surface area contributed by atoms with Crippen LogP contribution in [0, 0.1) is 0 Å². The third kappa shape index (κ3) is 6.39. The van der Waals surface area contributed by atoms with Crippen molar-refractivity contribution < 1.29 is 22.7 Å². The maximum Gasteiger partial charge on any atom is 0.232 e. The van der Waals surface area contributed by atoms with Gasteiger partial charge in [-0.3, -0.25) is 14.0 Å². The van der Waals surface area contributed by atoms with Crippen molar-refractivity contribution >= 4 is 21.6 Å². The minimum absolute atomic E-state index is 0.102. The summed E-state index contributed by atoms with van der Waals surface area (Å²) in [5, 5.41) is 2.92. The van der Waals surface area contributed by atoms with Crippen molar-refractivity contribution in [3.63, 3.8) is 0 Å². The molecular weight excluding hydrogens is 442 g/mol. The SMILES string of the molecule is CS(=O)(=O)N(CCCC(=O)NCc1ccc(CN2CCCC2)cc1)c1ccc2c(c1)OCO2. The smallest absolute Gasteiger partial charge is 0.232 e. The zero-order valence-corrected chi connectivity index (χ0v) is 19.8. The number of ether oxygens (including phenoxy) is 2. The molecule has 1 fully saturated rings. The van der Waals surface area contributed by atoms with Crippen LogP contribution in [0.5, 0.6) is 11.5 Å². The van der Waals surface area contributed by atoms with Crippen LogP contribution in [0.25, 0.3) is 0 Å². The third-order valence-electron chi connectivity index (χ3n) is 5.93. The first-order valence-corrected chi connectivity index (χ1v) is 13.2. The number of anilines is 1. The predicted molar refractivity (Wildman–Crippen MR) is 127 cm³/mol. The van der Waals surface area contributed by atoms with E-state index < -0.39 is 10.0 Å². The minimum atomic E-state index is -3.50. The molecule has 1 amide bonds. The number of nitrogens with one attached hydrogen (secondary N) is 1. The summed E-state index contributed by atoms with van der Waals surface area (Å²) in [5.41, 5.74) is 2.83. The molecule has 0 bridgehead atoms. The molecule has 9 heteroatoms. The maximum atomic E-state index is 12.3. The number of likely N-dealkylation sites (tertiary alicyclic amines) is 1. The molecule has 2 aliphatic rings. The van der Waals surface area contributed by atoms with Gasteiger partial charge in [0.2, 0.25) is 22.7 Å². The molecule has 0 aromatic heterocycles. The topological polar surface area (TPSA) is 88.2 Å². The van der Waals surface area contributed by atoms with Gasteiger partial charge in [-0.15, -0.1) is 0 Å². The summed E-state index contributed by atoms with van der Waals surface area (Å²) in [4.78, 5) is 14.8. The molecule has 2 aromatic carbocycles. The van der Waals surface area contributed by atoms with Gasteiger partial charge >= 0.3 is 0 Å². The Hall–Kier alpha value is -2.78. The molecule has 1 saturated heterocycles. The molecule has 2 aromatic rings. The highest BCUT2D eigenvalue weighted by atomic mass is 32.2. The van der Waals surface area contributed by atoms with Crippen LogP contribution in [-0.4, -0.2) is 51.9 Å². The van der Waals surface area contributed by atoms with Crippen LogP contribution >= 0.6 is 0 Å². The molecule has 2 aliphatic heterocycles. The summed E-state index contributed by atoms with van der Waals surface area (Å²) in [6.45, 7) is 4.11. The lowest BCUT2D eigenvalue weighted by Gasteiger charge is -2.22. The van der Waals surface area contributed by atoms with Crippen LogP contribution in [0.1, 0.15) is 36.8 Å². The first-order chi connectivity index (χ1) is 15.9. The van der Waals surface area contributed by atoms with Gasteiger partial charge in [0.15, 0.2) is 11.5 Å². The van der Waals surface area contributed by atoms with Crippen LogP contribution < -0.4 is 19.1 Å². The summed E-state index contributed by atoms with van der Waals surface area (Å²) in [5.74, 6) is 1.01. The number of nitrogens with zero attached hydrogens (tertiary/aromatic N) is 2. The number of amides is 1. The fourth-order valence-electron chi connectivity index (χ4n) is 4.16. The summed E-state index contributed by atoms with van der Waals surface area (Å²) >= 11 is 0. The van der Waals surface area contributed by atoms with E-state index in [0.29, 0.717) is 30.2 Å². The van der Waals surface area contributed by atoms with Gasteiger partial charge in [-0.1, -0.05) is 24.3 Å². The van der Waals surface area contributed by atoms with Gasteiger partial charge in [0.25, 0.3) is 0 Å². The molecule has 0 radical (unpaired) electrons. The van der Waals surface area contributed by atoms with Gasteiger partial charge in [-0.25, -0.2) is 8.42 Å². The molecule has 0 unspecified atom stereocenters. The summed E-state index contributed by atoms with van der Waals surface area (Å²) in [7, 11) is -3.50. The monoisotopic (exact) mass is 473 g/mol. The van der Waals surface area contributed by atoms with Crippen LogP contribution in [0.3, 0.4) is 0 Å². The quantitative estimate of drug-likeness (QED) is 0.571. The molecule has 0 spiro atoms. The Morgan fingerprint density at radius 2 is 1.73 bits per heavy atom. The molecule has 2 heterocycles. The summed E-state index contributed by atoms with van der Waals surface area (Å²) in [6, 6.07) is 13.4. The first kappa shape index (κ1) is 23.4. The molecule has 33 heavy (non-hydrogen) atoms. The van der Waals surface area contributed by atoms with Gasteiger partial charge in [0, 0.05) is 32.1 Å². The number of sulfonamides is 1. The maximum absolute atomic E-state index is 12.3. The molecule has 8 nitrogen and oxygen atoms in total. The average molecular weight is 474 g/mol. The van der Waals surface area contributed by atoms with Gasteiger partial charge in [-0.2, -0.15) is 0 Å². The molecule has 0 aliphatic carbocycles. The van der Waals surface area contributed by atoms with E-state index in [1.54, 1.807) is 18.2 Å². The fourth-order valence-corrected chi connectivity index (χ4v) is 5.12. The normalized spacial score (nSPS) is 15.5. The van der Waals surface area contributed by atoms with Crippen molar-refractivity contribution in [2.45, 2.75) is 38.8 Å². The minimum Gasteiger partial charge on any atom is -0.454 e. The van der Waals surface area contributed by atoms with Gasteiger partial charge in [0.05, 0.1) is 11.9 Å². The molecule has 1 N–H and O–H groups in total. The second-order valence-electron chi connectivity index (χ2n) is 8.55. The van der Waals surface area contributed by atoms with Crippen LogP contribution in [0.2, 0.25) is 0 Å². The van der Waals surface area contributed by atoms with Crippen LogP contribution in [0.4, 0.5) is 5.69 Å². The number of carbonyl (C=O) groups is 1. The second kappa shape index (κ2) is 10.4. The highest BCUT2D eigenvalue weighted by Crippen LogP contribution is 2.36. The number of benzene rings is 2. The van der Waals surface area contributed by atoms with E-state index in [4.69, 9.17) is 9.47 Å². The number of hydrogen-bond acceptors (Lipinski definition) is 6. The number of hydrogen-bond donors (Lipinski definition) is 1. The lowest BCUT2D eigenvalue weighted by Crippen LogP contribution is -2.32. The van der Waals surface area contributed by atoms with Gasteiger partial charge < -0.3 is 14.8 Å². The Kier molecular flexibility index (Phi) is 7.39. The van der Waals surface area contributed by atoms with Crippen LogP contribution in [0.15, 0.2) is 42.5 Å². The Morgan fingerprint density at radius 1 is 1.03 bits per heavy atom. The highest BCUT2D eigenvalue weighted by Gasteiger charge is 2.21. The highest BCUT2D eigenvalue weighted by molar-refractivity contribution is 7.92. The molecular formula is C24H31N3O5S. The fraction of sp³-hybridized carbons (Fsp3) is 0.458. The van der Waals surface area contributed by atoms with E-state index in [1.807, 2.05) is 0 Å². The Balaban J connectivity index is 1.24. The van der Waals surface area contributed by atoms with E-state index in [0.717, 1.165) is 18.4 Å². The van der Waals surface area contributed by atoms with E-state index in [1.165, 1.54) is 35.8 Å². The summed E-state index contributed by atoms with van der Waals surface area (Å²) < 4.78 is 36.5. The molecule has 178 valence electrons. The number of carbonyl (C=O) groups excluding carboxylic acids is 1. The first-order valence-electron chi connectivity index (χ1n) is 11.3. The standard InChI is InChI=1S/C24H31N3O5S/c1-33(29,30)27(21-10-11-22-23(15-21)32-18-31-22)14-4-5-24(28)25-16-19-6-8-20(9-7-19)17-26-12-2-3-13-26/h6-11,15H,2-5,12-14,16-18H2,1H3,(H,25,28). The second-order valence-corrected chi connectivity index (χ2v) is 10.5. The zero-order chi connectivity index (χ0) is 23.3. The lowest BCUT2D eigenvalue weighted by atomic mass is 10.1. The Bertz CT molecular complexity index is 1070. The van der Waals surface area contributed by atoms with E-state index in [-0.39, 0.29) is 25.7 Å². The van der Waals surface area contributed by atoms with Crippen molar-refractivity contribution in [3.05, 3.63) is 53.6 Å². The van der Waals surface area contributed by atoms with Gasteiger partial charge in [-0.05, 0) is 55.6 Å². The predicted octanol–water partition coefficient (Wildman–Crippen LogP) is 2.87. The number of rotatable bonds is 10. The molecule has 0 saturated carbocycles. The largest absolute Gasteiger partial charge is 0.454 e. The van der Waals surface area contributed by atoms with E-state index in [9.17, 15) is 13.2 Å². The Morgan fingerprint density at radius 3 is 2.45 bits per heavy atom. The van der Waals surface area contributed by atoms with Crippen LogP contribution in [-0.2, 0) is 27.9 Å². The van der Waals surface area contributed by atoms with Crippen molar-refractivity contribution in [2.24, 2.45) is 0 Å². The van der Waals surface area contributed by atoms with Gasteiger partial charge in [0.1, 0.15) is 0 Å². The van der Waals surface area contributed by atoms with Crippen molar-refractivity contribution in [1.29, 1.82) is 0 Å². The number of fused-ring (bicyclic) bond motifs is 1. The average Bonchev–Trinajstić information content (AvgIpc) is 3.47.